The first-order valence-electron chi connectivity index (χ1n) is 7.29. The Hall–Kier alpha value is -1.28. The standard InChI is InChI=1S/C17H27NO/c1-4-5-6-7-10-13-19-17-12-9-8-11-16(17)14-18-15(2)3/h4,8-9,11-12,15,18H,1,5-7,10,13-14H2,2-3H3. The summed E-state index contributed by atoms with van der Waals surface area (Å²) in [6.45, 7) is 9.71. The van der Waals surface area contributed by atoms with E-state index < -0.39 is 0 Å². The van der Waals surface area contributed by atoms with Crippen LogP contribution in [0.2, 0.25) is 0 Å². The third-order valence-corrected chi connectivity index (χ3v) is 2.98. The summed E-state index contributed by atoms with van der Waals surface area (Å²) in [7, 11) is 0. The summed E-state index contributed by atoms with van der Waals surface area (Å²) in [6.07, 6.45) is 6.62. The van der Waals surface area contributed by atoms with Gasteiger partial charge in [0.2, 0.25) is 0 Å². The number of nitrogens with one attached hydrogen (secondary N) is 1. The van der Waals surface area contributed by atoms with Crippen LogP contribution < -0.4 is 10.1 Å². The van der Waals surface area contributed by atoms with E-state index in [-0.39, 0.29) is 0 Å². The Labute approximate surface area is 117 Å². The zero-order valence-electron chi connectivity index (χ0n) is 12.3. The van der Waals surface area contributed by atoms with E-state index in [1.807, 2.05) is 12.1 Å². The summed E-state index contributed by atoms with van der Waals surface area (Å²) >= 11 is 0. The van der Waals surface area contributed by atoms with Crippen molar-refractivity contribution in [2.75, 3.05) is 6.61 Å². The minimum absolute atomic E-state index is 0.493. The second-order valence-corrected chi connectivity index (χ2v) is 5.13. The van der Waals surface area contributed by atoms with Gasteiger partial charge in [0.05, 0.1) is 6.61 Å². The van der Waals surface area contributed by atoms with Crippen molar-refractivity contribution in [3.05, 3.63) is 42.5 Å². The molecule has 0 aliphatic rings. The monoisotopic (exact) mass is 261 g/mol. The molecule has 0 radical (unpaired) electrons. The van der Waals surface area contributed by atoms with E-state index in [4.69, 9.17) is 4.74 Å². The van der Waals surface area contributed by atoms with Crippen LogP contribution in [0.4, 0.5) is 0 Å². The first kappa shape index (κ1) is 15.8. The molecule has 0 aliphatic carbocycles. The molecule has 1 aromatic rings. The largest absolute Gasteiger partial charge is 0.493 e. The van der Waals surface area contributed by atoms with Crippen LogP contribution >= 0.6 is 0 Å². The smallest absolute Gasteiger partial charge is 0.123 e. The molecule has 106 valence electrons. The fraction of sp³-hybridized carbons (Fsp3) is 0.529. The Balaban J connectivity index is 2.33. The molecule has 2 heteroatoms. The molecular formula is C17H27NO. The van der Waals surface area contributed by atoms with Crippen LogP contribution in [0.1, 0.15) is 45.1 Å². The summed E-state index contributed by atoms with van der Waals surface area (Å²) in [6, 6.07) is 8.77. The van der Waals surface area contributed by atoms with E-state index in [0.717, 1.165) is 31.7 Å². The van der Waals surface area contributed by atoms with E-state index >= 15 is 0 Å². The van der Waals surface area contributed by atoms with Crippen LogP contribution in [-0.2, 0) is 6.54 Å². The van der Waals surface area contributed by atoms with Crippen molar-refractivity contribution in [3.8, 4) is 5.75 Å². The molecule has 0 aromatic heterocycles. The van der Waals surface area contributed by atoms with Gasteiger partial charge in [0.1, 0.15) is 5.75 Å². The second-order valence-electron chi connectivity index (χ2n) is 5.13. The minimum Gasteiger partial charge on any atom is -0.493 e. The fourth-order valence-electron chi connectivity index (χ4n) is 1.85. The lowest BCUT2D eigenvalue weighted by Gasteiger charge is -2.13. The Morgan fingerprint density at radius 1 is 1.21 bits per heavy atom. The highest BCUT2D eigenvalue weighted by atomic mass is 16.5. The lowest BCUT2D eigenvalue weighted by atomic mass is 10.2. The van der Waals surface area contributed by atoms with Crippen LogP contribution in [0.25, 0.3) is 0 Å². The van der Waals surface area contributed by atoms with E-state index in [1.165, 1.54) is 18.4 Å². The molecule has 0 amide bonds. The van der Waals surface area contributed by atoms with Crippen molar-refractivity contribution in [1.82, 2.24) is 5.32 Å². The quantitative estimate of drug-likeness (QED) is 0.500. The lowest BCUT2D eigenvalue weighted by Crippen LogP contribution is -2.22. The van der Waals surface area contributed by atoms with Gasteiger partial charge in [0.15, 0.2) is 0 Å². The van der Waals surface area contributed by atoms with Gasteiger partial charge in [-0.1, -0.05) is 38.1 Å². The van der Waals surface area contributed by atoms with E-state index in [0.29, 0.717) is 6.04 Å². The molecule has 0 atom stereocenters. The van der Waals surface area contributed by atoms with E-state index in [2.05, 4.69) is 43.9 Å². The zero-order chi connectivity index (χ0) is 13.9. The predicted octanol–water partition coefficient (Wildman–Crippen LogP) is 4.31. The topological polar surface area (TPSA) is 21.3 Å². The average Bonchev–Trinajstić information content (AvgIpc) is 2.41. The van der Waals surface area contributed by atoms with Crippen molar-refractivity contribution < 1.29 is 4.74 Å². The van der Waals surface area contributed by atoms with Gasteiger partial charge in [-0.2, -0.15) is 0 Å². The third-order valence-electron chi connectivity index (χ3n) is 2.98. The molecule has 0 heterocycles. The maximum atomic E-state index is 5.88. The van der Waals surface area contributed by atoms with Gasteiger partial charge in [-0.15, -0.1) is 6.58 Å². The number of unbranched alkanes of at least 4 members (excludes halogenated alkanes) is 3. The first-order chi connectivity index (χ1) is 9.24. The Morgan fingerprint density at radius 2 is 2.00 bits per heavy atom. The summed E-state index contributed by atoms with van der Waals surface area (Å²) in [5.74, 6) is 1.01. The van der Waals surface area contributed by atoms with Crippen molar-refractivity contribution in [3.63, 3.8) is 0 Å². The Kier molecular flexibility index (Phi) is 7.99. The van der Waals surface area contributed by atoms with E-state index in [1.54, 1.807) is 0 Å². The highest BCUT2D eigenvalue weighted by molar-refractivity contribution is 5.33. The molecule has 0 fully saturated rings. The lowest BCUT2D eigenvalue weighted by molar-refractivity contribution is 0.301. The van der Waals surface area contributed by atoms with Crippen molar-refractivity contribution in [1.29, 1.82) is 0 Å². The van der Waals surface area contributed by atoms with E-state index in [9.17, 15) is 0 Å². The molecule has 0 saturated heterocycles. The summed E-state index contributed by atoms with van der Waals surface area (Å²) in [5, 5.41) is 3.43. The fourth-order valence-corrected chi connectivity index (χ4v) is 1.85. The van der Waals surface area contributed by atoms with Crippen LogP contribution in [0.15, 0.2) is 36.9 Å². The highest BCUT2D eigenvalue weighted by Gasteiger charge is 2.03. The first-order valence-corrected chi connectivity index (χ1v) is 7.29. The van der Waals surface area contributed by atoms with Crippen molar-refractivity contribution >= 4 is 0 Å². The van der Waals surface area contributed by atoms with Gasteiger partial charge in [-0.05, 0) is 31.7 Å². The molecule has 1 aromatic carbocycles. The minimum atomic E-state index is 0.493. The summed E-state index contributed by atoms with van der Waals surface area (Å²) in [4.78, 5) is 0. The molecule has 0 spiro atoms. The molecular weight excluding hydrogens is 234 g/mol. The zero-order valence-corrected chi connectivity index (χ0v) is 12.3. The maximum Gasteiger partial charge on any atom is 0.123 e. The Morgan fingerprint density at radius 3 is 2.74 bits per heavy atom. The molecule has 2 nitrogen and oxygen atoms in total. The number of hydrogen-bond donors (Lipinski definition) is 1. The van der Waals surface area contributed by atoms with Crippen LogP contribution in [-0.4, -0.2) is 12.6 Å². The second kappa shape index (κ2) is 9.62. The SMILES string of the molecule is C=CCCCCCOc1ccccc1CNC(C)C. The number of hydrogen-bond acceptors (Lipinski definition) is 2. The van der Waals surface area contributed by atoms with Gasteiger partial charge in [0.25, 0.3) is 0 Å². The van der Waals surface area contributed by atoms with Gasteiger partial charge in [-0.3, -0.25) is 0 Å². The van der Waals surface area contributed by atoms with Crippen LogP contribution in [0.3, 0.4) is 0 Å². The number of ether oxygens (including phenoxy) is 1. The van der Waals surface area contributed by atoms with Crippen molar-refractivity contribution in [2.45, 2.75) is 52.1 Å². The van der Waals surface area contributed by atoms with Gasteiger partial charge >= 0.3 is 0 Å². The molecule has 0 bridgehead atoms. The summed E-state index contributed by atoms with van der Waals surface area (Å²) in [5.41, 5.74) is 1.24. The summed E-state index contributed by atoms with van der Waals surface area (Å²) < 4.78 is 5.88. The molecule has 0 unspecified atom stereocenters. The van der Waals surface area contributed by atoms with Gasteiger partial charge in [-0.25, -0.2) is 0 Å². The van der Waals surface area contributed by atoms with Crippen LogP contribution in [0.5, 0.6) is 5.75 Å². The third kappa shape index (κ3) is 7.02. The predicted molar refractivity (Wildman–Crippen MR) is 82.6 cm³/mol. The molecule has 0 saturated carbocycles. The van der Waals surface area contributed by atoms with Crippen molar-refractivity contribution in [2.24, 2.45) is 0 Å². The molecule has 1 N–H and O–H groups in total. The number of allylic oxidation sites excluding steroid dienone is 1. The maximum absolute atomic E-state index is 5.88. The average molecular weight is 261 g/mol. The normalized spacial score (nSPS) is 10.7. The highest BCUT2D eigenvalue weighted by Crippen LogP contribution is 2.18. The van der Waals surface area contributed by atoms with Gasteiger partial charge < -0.3 is 10.1 Å². The van der Waals surface area contributed by atoms with Crippen LogP contribution in [0, 0.1) is 0 Å². The number of para-hydroxylation sites is 1. The Bertz CT molecular complexity index is 360. The molecule has 0 aliphatic heterocycles. The number of benzene rings is 1. The molecule has 1 rings (SSSR count). The van der Waals surface area contributed by atoms with Gasteiger partial charge in [0, 0.05) is 18.2 Å². The number of rotatable bonds is 10. The molecule has 19 heavy (non-hydrogen) atoms.